The van der Waals surface area contributed by atoms with Crippen LogP contribution in [0, 0.1) is 0 Å². The van der Waals surface area contributed by atoms with E-state index in [0.717, 1.165) is 0 Å². The zero-order valence-electron chi connectivity index (χ0n) is 15.7. The van der Waals surface area contributed by atoms with Gasteiger partial charge in [-0.3, -0.25) is 4.79 Å². The maximum atomic E-state index is 12.6. The largest absolute Gasteiger partial charge is 0.508 e. The van der Waals surface area contributed by atoms with E-state index in [4.69, 9.17) is 0 Å². The maximum Gasteiger partial charge on any atom is 0.336 e. The Kier molecular flexibility index (Phi) is 5.00. The molecule has 1 amide bonds. The third kappa shape index (κ3) is 3.77. The predicted octanol–water partition coefficient (Wildman–Crippen LogP) is 4.15. The quantitative estimate of drug-likeness (QED) is 0.376. The van der Waals surface area contributed by atoms with Crippen LogP contribution in [-0.4, -0.2) is 32.1 Å². The molecular formula is C23H17N3O4. The van der Waals surface area contributed by atoms with Crippen molar-refractivity contribution in [2.45, 2.75) is 0 Å². The molecule has 7 nitrogen and oxygen atoms in total. The number of nitrogens with zero attached hydrogens (tertiary/aromatic N) is 1. The Morgan fingerprint density at radius 2 is 1.77 bits per heavy atom. The zero-order chi connectivity index (χ0) is 21.1. The van der Waals surface area contributed by atoms with Crippen LogP contribution in [0.3, 0.4) is 0 Å². The summed E-state index contributed by atoms with van der Waals surface area (Å²) in [7, 11) is 0. The number of H-pyrrole nitrogens is 1. The second-order valence-corrected chi connectivity index (χ2v) is 6.56. The van der Waals surface area contributed by atoms with Gasteiger partial charge in [-0.15, -0.1) is 0 Å². The number of phenolic OH excluding ortho intramolecular Hbond substituents is 1. The molecule has 0 aliphatic heterocycles. The monoisotopic (exact) mass is 399 g/mol. The summed E-state index contributed by atoms with van der Waals surface area (Å²) >= 11 is 0. The Morgan fingerprint density at radius 1 is 1.00 bits per heavy atom. The number of aromatic amines is 1. The van der Waals surface area contributed by atoms with Gasteiger partial charge in [-0.25, -0.2) is 9.78 Å². The van der Waals surface area contributed by atoms with Crippen molar-refractivity contribution < 1.29 is 19.8 Å². The molecule has 4 N–H and O–H groups in total. The molecule has 0 radical (unpaired) electrons. The topological polar surface area (TPSA) is 115 Å². The number of nitrogens with one attached hydrogen (secondary N) is 2. The molecule has 0 fully saturated rings. The number of carboxylic acid groups (broad SMARTS) is 1. The molecule has 0 saturated carbocycles. The van der Waals surface area contributed by atoms with Gasteiger partial charge in [0, 0.05) is 28.9 Å². The zero-order valence-corrected chi connectivity index (χ0v) is 15.7. The first-order valence-electron chi connectivity index (χ1n) is 9.10. The summed E-state index contributed by atoms with van der Waals surface area (Å²) in [6, 6.07) is 16.4. The van der Waals surface area contributed by atoms with Crippen molar-refractivity contribution in [2.75, 3.05) is 5.32 Å². The molecule has 30 heavy (non-hydrogen) atoms. The van der Waals surface area contributed by atoms with Crippen molar-refractivity contribution in [3.63, 3.8) is 0 Å². The minimum atomic E-state index is -1.07. The van der Waals surface area contributed by atoms with E-state index in [1.54, 1.807) is 60.9 Å². The summed E-state index contributed by atoms with van der Waals surface area (Å²) in [6.45, 7) is 0. The maximum absolute atomic E-state index is 12.6. The van der Waals surface area contributed by atoms with E-state index in [2.05, 4.69) is 15.3 Å². The molecule has 0 spiro atoms. The van der Waals surface area contributed by atoms with Gasteiger partial charge < -0.3 is 20.5 Å². The molecule has 2 heterocycles. The van der Waals surface area contributed by atoms with Gasteiger partial charge in [0.2, 0.25) is 0 Å². The highest BCUT2D eigenvalue weighted by Gasteiger charge is 2.16. The number of aliphatic carboxylic acids is 1. The van der Waals surface area contributed by atoms with E-state index in [1.165, 1.54) is 12.1 Å². The molecular weight excluding hydrogens is 382 g/mol. The van der Waals surface area contributed by atoms with E-state index in [9.17, 15) is 19.8 Å². The van der Waals surface area contributed by atoms with Crippen LogP contribution >= 0.6 is 0 Å². The number of rotatable bonds is 5. The Hall–Kier alpha value is -4.39. The number of benzene rings is 2. The Morgan fingerprint density at radius 3 is 2.50 bits per heavy atom. The third-order valence-corrected chi connectivity index (χ3v) is 4.58. The molecule has 2 aromatic carbocycles. The Bertz CT molecular complexity index is 1280. The molecule has 0 unspecified atom stereocenters. The fourth-order valence-electron chi connectivity index (χ4n) is 3.18. The lowest BCUT2D eigenvalue weighted by Crippen LogP contribution is -2.12. The number of amides is 1. The highest BCUT2D eigenvalue weighted by Crippen LogP contribution is 2.29. The number of aromatic nitrogens is 2. The van der Waals surface area contributed by atoms with E-state index >= 15 is 0 Å². The van der Waals surface area contributed by atoms with E-state index in [0.29, 0.717) is 33.4 Å². The van der Waals surface area contributed by atoms with Crippen LogP contribution in [0.5, 0.6) is 5.75 Å². The van der Waals surface area contributed by atoms with Gasteiger partial charge in [-0.05, 0) is 35.9 Å². The fourth-order valence-corrected chi connectivity index (χ4v) is 3.18. The Balaban J connectivity index is 1.78. The number of pyridine rings is 1. The van der Waals surface area contributed by atoms with Crippen LogP contribution in [0.15, 0.2) is 73.1 Å². The van der Waals surface area contributed by atoms with Crippen LogP contribution in [0.4, 0.5) is 5.69 Å². The minimum absolute atomic E-state index is 0.0123. The fraction of sp³-hybridized carbons (Fsp3) is 0. The first kappa shape index (κ1) is 18.9. The molecule has 2 aromatic heterocycles. The summed E-state index contributed by atoms with van der Waals surface area (Å²) in [5.74, 6) is -1.48. The number of anilines is 1. The number of phenols is 1. The van der Waals surface area contributed by atoms with Gasteiger partial charge in [-0.2, -0.15) is 0 Å². The molecule has 148 valence electrons. The molecule has 0 aliphatic rings. The van der Waals surface area contributed by atoms with Crippen LogP contribution in [0.25, 0.3) is 22.7 Å². The minimum Gasteiger partial charge on any atom is -0.508 e. The van der Waals surface area contributed by atoms with Gasteiger partial charge in [0.15, 0.2) is 0 Å². The van der Waals surface area contributed by atoms with Crippen molar-refractivity contribution in [2.24, 2.45) is 0 Å². The standard InChI is InChI=1S/C23H17N3O4/c27-17-8-4-7-15(11-17)22(28)26-19-9-10-24-21-20(19)16(13-25-21)12-18(23(29)30)14-5-2-1-3-6-14/h1-13,27H,(H,29,30)(H2,24,25,26,28). The average Bonchev–Trinajstić information content (AvgIpc) is 3.16. The van der Waals surface area contributed by atoms with E-state index in [-0.39, 0.29) is 11.3 Å². The lowest BCUT2D eigenvalue weighted by atomic mass is 10.0. The highest BCUT2D eigenvalue weighted by atomic mass is 16.4. The van der Waals surface area contributed by atoms with E-state index < -0.39 is 11.9 Å². The number of carbonyl (C=O) groups excluding carboxylic acids is 1. The summed E-state index contributed by atoms with van der Waals surface area (Å²) in [5, 5.41) is 22.7. The molecule has 0 atom stereocenters. The predicted molar refractivity (Wildman–Crippen MR) is 114 cm³/mol. The summed E-state index contributed by atoms with van der Waals surface area (Å²) in [6.07, 6.45) is 4.73. The van der Waals surface area contributed by atoms with E-state index in [1.807, 2.05) is 6.07 Å². The summed E-state index contributed by atoms with van der Waals surface area (Å²) < 4.78 is 0. The highest BCUT2D eigenvalue weighted by molar-refractivity contribution is 6.22. The third-order valence-electron chi connectivity index (χ3n) is 4.58. The van der Waals surface area contributed by atoms with Gasteiger partial charge in [0.05, 0.1) is 11.3 Å². The summed E-state index contributed by atoms with van der Waals surface area (Å²) in [4.78, 5) is 31.8. The smallest absolute Gasteiger partial charge is 0.336 e. The number of aromatic hydroxyl groups is 1. The number of carboxylic acids is 1. The van der Waals surface area contributed by atoms with Crippen LogP contribution < -0.4 is 5.32 Å². The molecule has 0 saturated heterocycles. The van der Waals surface area contributed by atoms with Crippen LogP contribution in [-0.2, 0) is 4.79 Å². The first-order valence-corrected chi connectivity index (χ1v) is 9.10. The van der Waals surface area contributed by atoms with Crippen molar-refractivity contribution in [1.82, 2.24) is 9.97 Å². The van der Waals surface area contributed by atoms with Crippen LogP contribution in [0.1, 0.15) is 21.5 Å². The van der Waals surface area contributed by atoms with Gasteiger partial charge >= 0.3 is 5.97 Å². The lowest BCUT2D eigenvalue weighted by Gasteiger charge is -2.08. The number of hydrogen-bond acceptors (Lipinski definition) is 4. The van der Waals surface area contributed by atoms with Crippen LogP contribution in [0.2, 0.25) is 0 Å². The van der Waals surface area contributed by atoms with Crippen molar-refractivity contribution >= 4 is 40.2 Å². The Labute approximate surface area is 171 Å². The van der Waals surface area contributed by atoms with Crippen molar-refractivity contribution in [3.05, 3.63) is 89.7 Å². The first-order chi connectivity index (χ1) is 14.5. The van der Waals surface area contributed by atoms with Crippen molar-refractivity contribution in [3.8, 4) is 5.75 Å². The number of fused-ring (bicyclic) bond motifs is 1. The SMILES string of the molecule is O=C(O)C(=Cc1c[nH]c2nccc(NC(=O)c3cccc(O)c3)c12)c1ccccc1. The van der Waals surface area contributed by atoms with Gasteiger partial charge in [0.25, 0.3) is 5.91 Å². The molecule has 0 bridgehead atoms. The molecule has 4 aromatic rings. The average molecular weight is 399 g/mol. The van der Waals surface area contributed by atoms with Crippen molar-refractivity contribution in [1.29, 1.82) is 0 Å². The van der Waals surface area contributed by atoms with Gasteiger partial charge in [-0.1, -0.05) is 36.4 Å². The normalized spacial score (nSPS) is 11.4. The van der Waals surface area contributed by atoms with Gasteiger partial charge in [0.1, 0.15) is 11.4 Å². The number of carbonyl (C=O) groups is 2. The number of hydrogen-bond donors (Lipinski definition) is 4. The molecule has 7 heteroatoms. The second-order valence-electron chi connectivity index (χ2n) is 6.56. The summed E-state index contributed by atoms with van der Waals surface area (Å²) in [5.41, 5.74) is 2.53. The molecule has 4 rings (SSSR count). The molecule has 0 aliphatic carbocycles. The lowest BCUT2D eigenvalue weighted by molar-refractivity contribution is -0.130. The second kappa shape index (κ2) is 7.92.